The second-order valence-electron chi connectivity index (χ2n) is 3.77. The van der Waals surface area contributed by atoms with Crippen LogP contribution >= 0.6 is 27.3 Å². The molecule has 0 aliphatic heterocycles. The van der Waals surface area contributed by atoms with Gasteiger partial charge in [-0.25, -0.2) is 0 Å². The molecule has 1 saturated carbocycles. The average molecular weight is 276 g/mol. The van der Waals surface area contributed by atoms with Crippen LogP contribution in [0.3, 0.4) is 0 Å². The van der Waals surface area contributed by atoms with Gasteiger partial charge in [-0.2, -0.15) is 0 Å². The van der Waals surface area contributed by atoms with E-state index >= 15 is 0 Å². The van der Waals surface area contributed by atoms with Crippen LogP contribution in [0.4, 0.5) is 0 Å². The Morgan fingerprint density at radius 2 is 2.43 bits per heavy atom. The fourth-order valence-corrected chi connectivity index (χ4v) is 2.86. The number of aliphatic hydroxyl groups is 1. The van der Waals surface area contributed by atoms with Gasteiger partial charge in [-0.3, -0.25) is 0 Å². The fraction of sp³-hybridized carbons (Fsp3) is 0.600. The lowest BCUT2D eigenvalue weighted by atomic mass is 10.2. The van der Waals surface area contributed by atoms with Crippen molar-refractivity contribution in [2.45, 2.75) is 25.5 Å². The first-order chi connectivity index (χ1) is 6.75. The van der Waals surface area contributed by atoms with Gasteiger partial charge < -0.3 is 10.4 Å². The molecule has 0 saturated heterocycles. The van der Waals surface area contributed by atoms with Crippen LogP contribution in [-0.4, -0.2) is 17.8 Å². The van der Waals surface area contributed by atoms with Crippen molar-refractivity contribution in [3.8, 4) is 0 Å². The molecular weight excluding hydrogens is 262 g/mol. The predicted molar refractivity (Wildman–Crippen MR) is 62.5 cm³/mol. The van der Waals surface area contributed by atoms with E-state index in [9.17, 15) is 5.11 Å². The average Bonchev–Trinajstić information content (AvgIpc) is 2.92. The van der Waals surface area contributed by atoms with Crippen molar-refractivity contribution >= 4 is 27.3 Å². The third kappa shape index (κ3) is 3.05. The molecule has 4 heteroatoms. The summed E-state index contributed by atoms with van der Waals surface area (Å²) >= 11 is 5.15. The van der Waals surface area contributed by atoms with E-state index < -0.39 is 0 Å². The molecule has 1 aliphatic carbocycles. The van der Waals surface area contributed by atoms with Gasteiger partial charge in [-0.15, -0.1) is 11.3 Å². The van der Waals surface area contributed by atoms with E-state index in [1.165, 1.54) is 17.7 Å². The zero-order chi connectivity index (χ0) is 9.97. The van der Waals surface area contributed by atoms with Gasteiger partial charge in [0.15, 0.2) is 0 Å². The normalized spacial score (nSPS) is 18.4. The molecule has 2 N–H and O–H groups in total. The summed E-state index contributed by atoms with van der Waals surface area (Å²) in [7, 11) is 0. The topological polar surface area (TPSA) is 32.3 Å². The van der Waals surface area contributed by atoms with Crippen LogP contribution in [0.5, 0.6) is 0 Å². The molecule has 1 unspecified atom stereocenters. The maximum Gasteiger partial charge on any atom is 0.0692 e. The van der Waals surface area contributed by atoms with Crippen molar-refractivity contribution in [2.24, 2.45) is 5.92 Å². The Labute approximate surface area is 96.5 Å². The van der Waals surface area contributed by atoms with Gasteiger partial charge in [0.25, 0.3) is 0 Å². The lowest BCUT2D eigenvalue weighted by Crippen LogP contribution is -2.27. The molecule has 1 aromatic heterocycles. The fourth-order valence-electron chi connectivity index (χ4n) is 1.44. The smallest absolute Gasteiger partial charge is 0.0692 e. The highest BCUT2D eigenvalue weighted by molar-refractivity contribution is 9.10. The first kappa shape index (κ1) is 10.6. The highest BCUT2D eigenvalue weighted by Gasteiger charge is 2.28. The summed E-state index contributed by atoms with van der Waals surface area (Å²) in [6.07, 6.45) is 2.26. The zero-order valence-electron chi connectivity index (χ0n) is 7.87. The highest BCUT2D eigenvalue weighted by Crippen LogP contribution is 2.32. The molecule has 0 radical (unpaired) electrons. The first-order valence-corrected chi connectivity index (χ1v) is 6.54. The second kappa shape index (κ2) is 4.75. The molecule has 0 spiro atoms. The summed E-state index contributed by atoms with van der Waals surface area (Å²) in [5.74, 6) is 0.567. The van der Waals surface area contributed by atoms with Crippen LogP contribution in [0.15, 0.2) is 15.9 Å². The van der Waals surface area contributed by atoms with Crippen LogP contribution in [0.2, 0.25) is 0 Å². The molecular formula is C10H14BrNOS. The monoisotopic (exact) mass is 275 g/mol. The molecule has 1 fully saturated rings. The van der Waals surface area contributed by atoms with E-state index in [-0.39, 0.29) is 6.10 Å². The number of rotatable bonds is 5. The van der Waals surface area contributed by atoms with Crippen molar-refractivity contribution in [1.29, 1.82) is 0 Å². The van der Waals surface area contributed by atoms with Crippen molar-refractivity contribution in [3.63, 3.8) is 0 Å². The third-order valence-electron chi connectivity index (χ3n) is 2.44. The van der Waals surface area contributed by atoms with Gasteiger partial charge in [-0.1, -0.05) is 0 Å². The number of hydrogen-bond donors (Lipinski definition) is 2. The lowest BCUT2D eigenvalue weighted by Gasteiger charge is -2.09. The Morgan fingerprint density at radius 3 is 3.00 bits per heavy atom. The number of thiophene rings is 1. The Hall–Kier alpha value is 0.1000. The molecule has 1 aliphatic rings. The van der Waals surface area contributed by atoms with E-state index in [4.69, 9.17) is 0 Å². The van der Waals surface area contributed by atoms with Gasteiger partial charge in [0.05, 0.1) is 6.10 Å². The molecule has 0 aromatic carbocycles. The molecule has 0 bridgehead atoms. The molecule has 0 amide bonds. The molecule has 2 nitrogen and oxygen atoms in total. The summed E-state index contributed by atoms with van der Waals surface area (Å²) in [6, 6.07) is 2.11. The van der Waals surface area contributed by atoms with Gasteiger partial charge >= 0.3 is 0 Å². The molecule has 1 atom stereocenters. The SMILES string of the molecule is OC(CNCc1cc(Br)cs1)C1CC1. The van der Waals surface area contributed by atoms with Gasteiger partial charge in [0, 0.05) is 27.8 Å². The maximum atomic E-state index is 9.60. The zero-order valence-corrected chi connectivity index (χ0v) is 10.3. The quantitative estimate of drug-likeness (QED) is 0.865. The van der Waals surface area contributed by atoms with Crippen molar-refractivity contribution in [3.05, 3.63) is 20.8 Å². The van der Waals surface area contributed by atoms with Crippen LogP contribution in [0, 0.1) is 5.92 Å². The van der Waals surface area contributed by atoms with Gasteiger partial charge in [-0.05, 0) is 40.8 Å². The molecule has 78 valence electrons. The van der Waals surface area contributed by atoms with Crippen molar-refractivity contribution < 1.29 is 5.11 Å². The molecule has 1 heterocycles. The lowest BCUT2D eigenvalue weighted by molar-refractivity contribution is 0.148. The van der Waals surface area contributed by atoms with E-state index in [0.717, 1.165) is 17.6 Å². The Kier molecular flexibility index (Phi) is 3.60. The molecule has 14 heavy (non-hydrogen) atoms. The summed E-state index contributed by atoms with van der Waals surface area (Å²) in [4.78, 5) is 1.31. The van der Waals surface area contributed by atoms with Gasteiger partial charge in [0.2, 0.25) is 0 Å². The van der Waals surface area contributed by atoms with Crippen LogP contribution in [0.25, 0.3) is 0 Å². The predicted octanol–water partition coefficient (Wildman–Crippen LogP) is 2.37. The van der Waals surface area contributed by atoms with Crippen molar-refractivity contribution in [1.82, 2.24) is 5.32 Å². The van der Waals surface area contributed by atoms with E-state index in [1.54, 1.807) is 11.3 Å². The minimum atomic E-state index is -0.140. The second-order valence-corrected chi connectivity index (χ2v) is 5.68. The summed E-state index contributed by atoms with van der Waals surface area (Å²) in [5.41, 5.74) is 0. The highest BCUT2D eigenvalue weighted by atomic mass is 79.9. The Balaban J connectivity index is 1.67. The number of hydrogen-bond acceptors (Lipinski definition) is 3. The minimum absolute atomic E-state index is 0.140. The van der Waals surface area contributed by atoms with Crippen LogP contribution in [-0.2, 0) is 6.54 Å². The van der Waals surface area contributed by atoms with E-state index in [2.05, 4.69) is 32.7 Å². The number of nitrogens with one attached hydrogen (secondary N) is 1. The third-order valence-corrected chi connectivity index (χ3v) is 4.14. The molecule has 2 rings (SSSR count). The Morgan fingerprint density at radius 1 is 1.64 bits per heavy atom. The van der Waals surface area contributed by atoms with Crippen LogP contribution < -0.4 is 5.32 Å². The Bertz CT molecular complexity index is 298. The van der Waals surface area contributed by atoms with E-state index in [0.29, 0.717) is 5.92 Å². The van der Waals surface area contributed by atoms with Crippen LogP contribution in [0.1, 0.15) is 17.7 Å². The standard InChI is InChI=1S/C10H14BrNOS/c11-8-3-9(14-6-8)4-12-5-10(13)7-1-2-7/h3,6-7,10,12-13H,1-2,4-5H2. The summed E-state index contributed by atoms with van der Waals surface area (Å²) < 4.78 is 1.14. The summed E-state index contributed by atoms with van der Waals surface area (Å²) in [6.45, 7) is 1.58. The maximum absolute atomic E-state index is 9.60. The van der Waals surface area contributed by atoms with E-state index in [1.807, 2.05) is 0 Å². The van der Waals surface area contributed by atoms with Crippen molar-refractivity contribution in [2.75, 3.05) is 6.54 Å². The number of aliphatic hydroxyl groups excluding tert-OH is 1. The largest absolute Gasteiger partial charge is 0.392 e. The van der Waals surface area contributed by atoms with Gasteiger partial charge in [0.1, 0.15) is 0 Å². The first-order valence-electron chi connectivity index (χ1n) is 4.87. The minimum Gasteiger partial charge on any atom is -0.392 e. The molecule has 1 aromatic rings. The number of halogens is 1. The summed E-state index contributed by atoms with van der Waals surface area (Å²) in [5, 5.41) is 15.0.